The molecule has 4 heteroatoms. The quantitative estimate of drug-likeness (QED) is 0.897. The van der Waals surface area contributed by atoms with Gasteiger partial charge in [0.15, 0.2) is 0 Å². The molecule has 1 fully saturated rings. The van der Waals surface area contributed by atoms with Crippen molar-refractivity contribution >= 4 is 5.91 Å². The first-order valence-electron chi connectivity index (χ1n) is 7.02. The van der Waals surface area contributed by atoms with Crippen molar-refractivity contribution in [2.45, 2.75) is 38.7 Å². The van der Waals surface area contributed by atoms with Crippen molar-refractivity contribution < 1.29 is 9.90 Å². The topological polar surface area (TPSA) is 53.4 Å². The Balaban J connectivity index is 1.76. The average Bonchev–Trinajstić information content (AvgIpc) is 2.46. The van der Waals surface area contributed by atoms with Crippen LogP contribution in [0.1, 0.15) is 31.9 Å². The standard InChI is InChI=1S/C15H22N2O2/c1-12(18)13-7-10-17(11-8-13)15(19)6-5-14-4-2-3-9-16-14/h2-4,9,12-13,18H,5-8,10-11H2,1H3. The molecular weight excluding hydrogens is 240 g/mol. The smallest absolute Gasteiger partial charge is 0.222 e. The number of hydrogen-bond acceptors (Lipinski definition) is 3. The van der Waals surface area contributed by atoms with Gasteiger partial charge in [0.1, 0.15) is 0 Å². The molecule has 0 spiro atoms. The Morgan fingerprint density at radius 3 is 2.79 bits per heavy atom. The molecule has 1 N–H and O–H groups in total. The highest BCUT2D eigenvalue weighted by Gasteiger charge is 2.25. The number of aliphatic hydroxyl groups excluding tert-OH is 1. The number of piperidine rings is 1. The summed E-state index contributed by atoms with van der Waals surface area (Å²) in [4.78, 5) is 18.2. The van der Waals surface area contributed by atoms with Crippen molar-refractivity contribution in [3.8, 4) is 0 Å². The molecule has 1 amide bonds. The second-order valence-corrected chi connectivity index (χ2v) is 5.28. The number of aromatic nitrogens is 1. The van der Waals surface area contributed by atoms with Gasteiger partial charge in [-0.25, -0.2) is 0 Å². The zero-order valence-corrected chi connectivity index (χ0v) is 11.5. The third-order valence-corrected chi connectivity index (χ3v) is 3.90. The molecular formula is C15H22N2O2. The minimum atomic E-state index is -0.259. The maximum absolute atomic E-state index is 12.1. The predicted octanol–water partition coefficient (Wildman–Crippen LogP) is 1.63. The van der Waals surface area contributed by atoms with Crippen LogP contribution >= 0.6 is 0 Å². The number of carbonyl (C=O) groups excluding carboxylic acids is 1. The van der Waals surface area contributed by atoms with Crippen molar-refractivity contribution in [2.24, 2.45) is 5.92 Å². The van der Waals surface area contributed by atoms with Crippen molar-refractivity contribution in [1.82, 2.24) is 9.88 Å². The van der Waals surface area contributed by atoms with E-state index in [0.29, 0.717) is 18.8 Å². The molecule has 1 atom stereocenters. The number of carbonyl (C=O) groups is 1. The van der Waals surface area contributed by atoms with Gasteiger partial charge in [0.2, 0.25) is 5.91 Å². The number of amides is 1. The molecule has 1 aromatic rings. The summed E-state index contributed by atoms with van der Waals surface area (Å²) in [6.45, 7) is 3.39. The molecule has 1 aliphatic rings. The minimum absolute atomic E-state index is 0.203. The van der Waals surface area contributed by atoms with Crippen molar-refractivity contribution in [3.05, 3.63) is 30.1 Å². The highest BCUT2D eigenvalue weighted by Crippen LogP contribution is 2.21. The van der Waals surface area contributed by atoms with Crippen LogP contribution in [0.2, 0.25) is 0 Å². The summed E-state index contributed by atoms with van der Waals surface area (Å²) in [6.07, 6.45) is 4.55. The summed E-state index contributed by atoms with van der Waals surface area (Å²) < 4.78 is 0. The van der Waals surface area contributed by atoms with E-state index in [4.69, 9.17) is 0 Å². The number of hydrogen-bond donors (Lipinski definition) is 1. The minimum Gasteiger partial charge on any atom is -0.393 e. The maximum Gasteiger partial charge on any atom is 0.222 e. The van der Waals surface area contributed by atoms with Gasteiger partial charge in [0.05, 0.1) is 6.10 Å². The normalized spacial score (nSPS) is 18.3. The number of likely N-dealkylation sites (tertiary alicyclic amines) is 1. The summed E-state index contributed by atoms with van der Waals surface area (Å²) in [5.74, 6) is 0.550. The van der Waals surface area contributed by atoms with Gasteiger partial charge < -0.3 is 10.0 Å². The molecule has 19 heavy (non-hydrogen) atoms. The molecule has 104 valence electrons. The summed E-state index contributed by atoms with van der Waals surface area (Å²) in [5, 5.41) is 9.54. The monoisotopic (exact) mass is 262 g/mol. The van der Waals surface area contributed by atoms with E-state index in [1.165, 1.54) is 0 Å². The van der Waals surface area contributed by atoms with E-state index in [-0.39, 0.29) is 12.0 Å². The molecule has 0 radical (unpaired) electrons. The fourth-order valence-corrected chi connectivity index (χ4v) is 2.57. The van der Waals surface area contributed by atoms with Gasteiger partial charge in [-0.1, -0.05) is 6.07 Å². The Morgan fingerprint density at radius 2 is 2.21 bits per heavy atom. The summed E-state index contributed by atoms with van der Waals surface area (Å²) in [5.41, 5.74) is 0.967. The summed E-state index contributed by atoms with van der Waals surface area (Å²) in [7, 11) is 0. The van der Waals surface area contributed by atoms with Crippen LogP contribution in [0.3, 0.4) is 0 Å². The van der Waals surface area contributed by atoms with E-state index < -0.39 is 0 Å². The van der Waals surface area contributed by atoms with Crippen LogP contribution in [0, 0.1) is 5.92 Å². The van der Waals surface area contributed by atoms with Crippen molar-refractivity contribution in [2.75, 3.05) is 13.1 Å². The van der Waals surface area contributed by atoms with Gasteiger partial charge in [-0.15, -0.1) is 0 Å². The highest BCUT2D eigenvalue weighted by atomic mass is 16.3. The lowest BCUT2D eigenvalue weighted by molar-refractivity contribution is -0.133. The fraction of sp³-hybridized carbons (Fsp3) is 0.600. The number of nitrogens with zero attached hydrogens (tertiary/aromatic N) is 2. The van der Waals surface area contributed by atoms with E-state index in [1.54, 1.807) is 6.20 Å². The number of aryl methyl sites for hydroxylation is 1. The van der Waals surface area contributed by atoms with Crippen LogP contribution in [0.4, 0.5) is 0 Å². The van der Waals surface area contributed by atoms with Gasteiger partial charge in [-0.2, -0.15) is 0 Å². The van der Waals surface area contributed by atoms with E-state index in [1.807, 2.05) is 30.0 Å². The lowest BCUT2D eigenvalue weighted by atomic mass is 9.92. The molecule has 4 nitrogen and oxygen atoms in total. The van der Waals surface area contributed by atoms with E-state index in [9.17, 15) is 9.90 Å². The lowest BCUT2D eigenvalue weighted by Crippen LogP contribution is -2.40. The molecule has 0 aromatic carbocycles. The van der Waals surface area contributed by atoms with Crippen LogP contribution < -0.4 is 0 Å². The molecule has 0 saturated carbocycles. The molecule has 1 aromatic heterocycles. The molecule has 0 aliphatic carbocycles. The van der Waals surface area contributed by atoms with Gasteiger partial charge in [0, 0.05) is 31.4 Å². The Morgan fingerprint density at radius 1 is 1.47 bits per heavy atom. The molecule has 1 unspecified atom stereocenters. The highest BCUT2D eigenvalue weighted by molar-refractivity contribution is 5.76. The summed E-state index contributed by atoms with van der Waals surface area (Å²) in [6, 6.07) is 5.78. The van der Waals surface area contributed by atoms with Crippen LogP contribution in [-0.2, 0) is 11.2 Å². The molecule has 2 rings (SSSR count). The zero-order chi connectivity index (χ0) is 13.7. The summed E-state index contributed by atoms with van der Waals surface area (Å²) >= 11 is 0. The van der Waals surface area contributed by atoms with Gasteiger partial charge in [-0.3, -0.25) is 9.78 Å². The van der Waals surface area contributed by atoms with Crippen LogP contribution in [0.5, 0.6) is 0 Å². The molecule has 1 aliphatic heterocycles. The second-order valence-electron chi connectivity index (χ2n) is 5.28. The number of pyridine rings is 1. The van der Waals surface area contributed by atoms with Crippen LogP contribution in [0.25, 0.3) is 0 Å². The fourth-order valence-electron chi connectivity index (χ4n) is 2.57. The van der Waals surface area contributed by atoms with E-state index >= 15 is 0 Å². The third kappa shape index (κ3) is 4.03. The second kappa shape index (κ2) is 6.66. The first kappa shape index (κ1) is 14.0. The number of rotatable bonds is 4. The van der Waals surface area contributed by atoms with Gasteiger partial charge in [-0.05, 0) is 44.2 Å². The average molecular weight is 262 g/mol. The maximum atomic E-state index is 12.1. The van der Waals surface area contributed by atoms with Crippen molar-refractivity contribution in [1.29, 1.82) is 0 Å². The van der Waals surface area contributed by atoms with E-state index in [0.717, 1.165) is 31.6 Å². The van der Waals surface area contributed by atoms with Crippen LogP contribution in [-0.4, -0.2) is 40.1 Å². The Bertz CT molecular complexity index is 398. The van der Waals surface area contributed by atoms with Gasteiger partial charge in [0.25, 0.3) is 0 Å². The van der Waals surface area contributed by atoms with Crippen LogP contribution in [0.15, 0.2) is 24.4 Å². The molecule has 2 heterocycles. The largest absolute Gasteiger partial charge is 0.393 e. The third-order valence-electron chi connectivity index (χ3n) is 3.90. The lowest BCUT2D eigenvalue weighted by Gasteiger charge is -2.33. The SMILES string of the molecule is CC(O)C1CCN(C(=O)CCc2ccccn2)CC1. The predicted molar refractivity (Wildman–Crippen MR) is 73.5 cm³/mol. The van der Waals surface area contributed by atoms with Gasteiger partial charge >= 0.3 is 0 Å². The molecule has 0 bridgehead atoms. The Hall–Kier alpha value is -1.42. The Kier molecular flexibility index (Phi) is 4.91. The van der Waals surface area contributed by atoms with Crippen molar-refractivity contribution in [3.63, 3.8) is 0 Å². The number of aliphatic hydroxyl groups is 1. The Labute approximate surface area is 114 Å². The molecule has 1 saturated heterocycles. The first-order valence-corrected chi connectivity index (χ1v) is 7.02. The first-order chi connectivity index (χ1) is 9.16. The van der Waals surface area contributed by atoms with E-state index in [2.05, 4.69) is 4.98 Å². The zero-order valence-electron chi connectivity index (χ0n) is 11.5.